The molecule has 0 spiro atoms. The molecule has 0 bridgehead atoms. The van der Waals surface area contributed by atoms with Gasteiger partial charge in [-0.15, -0.1) is 0 Å². The Morgan fingerprint density at radius 2 is 1.92 bits per heavy atom. The Hall–Kier alpha value is -2.34. The number of ether oxygens (including phenoxy) is 1. The van der Waals surface area contributed by atoms with Crippen LogP contribution in [0.4, 0.5) is 0 Å². The molecule has 0 aromatic heterocycles. The summed E-state index contributed by atoms with van der Waals surface area (Å²) in [7, 11) is 3.48. The van der Waals surface area contributed by atoms with Crippen molar-refractivity contribution in [1.29, 1.82) is 5.26 Å². The molecule has 5 nitrogen and oxygen atoms in total. The average Bonchev–Trinajstić information content (AvgIpc) is 2.62. The first-order valence-electron chi connectivity index (χ1n) is 8.40. The highest BCUT2D eigenvalue weighted by molar-refractivity contribution is 5.90. The van der Waals surface area contributed by atoms with Gasteiger partial charge in [-0.1, -0.05) is 11.8 Å². The summed E-state index contributed by atoms with van der Waals surface area (Å²) in [6.45, 7) is 8.49. The topological polar surface area (TPSA) is 56.6 Å². The smallest absolute Gasteiger partial charge is 0.337 e. The van der Waals surface area contributed by atoms with E-state index in [9.17, 15) is 10.1 Å². The Morgan fingerprint density at radius 3 is 2.52 bits per heavy atom. The lowest BCUT2D eigenvalue weighted by atomic mass is 9.84. The second-order valence-electron chi connectivity index (χ2n) is 6.91. The van der Waals surface area contributed by atoms with Crippen LogP contribution in [0.5, 0.6) is 0 Å². The number of hydrogen-bond donors (Lipinski definition) is 0. The van der Waals surface area contributed by atoms with Crippen LogP contribution in [0, 0.1) is 23.2 Å². The fraction of sp³-hybridized carbons (Fsp3) is 0.500. The first kappa shape index (κ1) is 19.0. The van der Waals surface area contributed by atoms with Crippen LogP contribution in [0.1, 0.15) is 35.3 Å². The van der Waals surface area contributed by atoms with Crippen molar-refractivity contribution >= 4 is 5.97 Å². The number of esters is 1. The summed E-state index contributed by atoms with van der Waals surface area (Å²) in [4.78, 5) is 16.5. The van der Waals surface area contributed by atoms with E-state index in [4.69, 9.17) is 4.74 Å². The third-order valence-electron chi connectivity index (χ3n) is 4.49. The van der Waals surface area contributed by atoms with Gasteiger partial charge in [-0.2, -0.15) is 5.26 Å². The summed E-state index contributed by atoms with van der Waals surface area (Å²) in [6, 6.07) is 7.58. The largest absolute Gasteiger partial charge is 0.465 e. The number of likely N-dealkylation sites (N-methyl/N-ethyl adjacent to an activating group) is 1. The van der Waals surface area contributed by atoms with Gasteiger partial charge in [0.2, 0.25) is 0 Å². The Labute approximate surface area is 150 Å². The molecule has 1 saturated heterocycles. The van der Waals surface area contributed by atoms with E-state index in [1.54, 1.807) is 12.1 Å². The van der Waals surface area contributed by atoms with E-state index in [0.717, 1.165) is 37.3 Å². The molecule has 0 unspecified atom stereocenters. The molecule has 1 fully saturated rings. The maximum absolute atomic E-state index is 11.9. The van der Waals surface area contributed by atoms with Crippen molar-refractivity contribution in [3.05, 3.63) is 34.9 Å². The van der Waals surface area contributed by atoms with E-state index >= 15 is 0 Å². The summed E-state index contributed by atoms with van der Waals surface area (Å²) in [5.41, 5.74) is 1.22. The van der Waals surface area contributed by atoms with E-state index in [1.807, 2.05) is 19.9 Å². The third-order valence-corrected chi connectivity index (χ3v) is 4.49. The number of carbonyl (C=O) groups excluding carboxylic acids is 1. The number of nitriles is 1. The van der Waals surface area contributed by atoms with Crippen molar-refractivity contribution in [2.24, 2.45) is 0 Å². The minimum Gasteiger partial charge on any atom is -0.465 e. The number of hydrogen-bond acceptors (Lipinski definition) is 5. The minimum absolute atomic E-state index is 0.419. The molecule has 1 aliphatic rings. The molecule has 5 heteroatoms. The van der Waals surface area contributed by atoms with Gasteiger partial charge in [-0.3, -0.25) is 4.90 Å². The van der Waals surface area contributed by atoms with Crippen LogP contribution in [-0.2, 0) is 10.2 Å². The van der Waals surface area contributed by atoms with Crippen molar-refractivity contribution in [2.45, 2.75) is 19.3 Å². The Kier molecular flexibility index (Phi) is 6.20. The van der Waals surface area contributed by atoms with Crippen LogP contribution in [0.3, 0.4) is 0 Å². The number of carbonyl (C=O) groups is 1. The summed E-state index contributed by atoms with van der Waals surface area (Å²) < 4.78 is 4.82. The Bertz CT molecular complexity index is 730. The lowest BCUT2D eigenvalue weighted by Crippen LogP contribution is -2.44. The molecular weight excluding hydrogens is 314 g/mol. The fourth-order valence-corrected chi connectivity index (χ4v) is 2.62. The lowest BCUT2D eigenvalue weighted by molar-refractivity contribution is 0.0600. The quantitative estimate of drug-likeness (QED) is 0.622. The predicted octanol–water partition coefficient (Wildman–Crippen LogP) is 1.87. The summed E-state index contributed by atoms with van der Waals surface area (Å²) in [5, 5.41) is 9.38. The molecule has 0 saturated carbocycles. The van der Waals surface area contributed by atoms with Gasteiger partial charge < -0.3 is 9.64 Å². The molecule has 25 heavy (non-hydrogen) atoms. The SMILES string of the molecule is COC(=O)c1cc(C#CCN2CCN(C)CC2)cc(C(C)(C)C#N)c1. The van der Waals surface area contributed by atoms with E-state index in [2.05, 4.69) is 34.8 Å². The van der Waals surface area contributed by atoms with Gasteiger partial charge >= 0.3 is 5.97 Å². The van der Waals surface area contributed by atoms with E-state index < -0.39 is 11.4 Å². The Morgan fingerprint density at radius 1 is 1.24 bits per heavy atom. The molecule has 0 atom stereocenters. The number of methoxy groups -OCH3 is 1. The fourth-order valence-electron chi connectivity index (χ4n) is 2.62. The van der Waals surface area contributed by atoms with E-state index in [0.29, 0.717) is 12.1 Å². The average molecular weight is 339 g/mol. The molecule has 1 aromatic carbocycles. The summed E-state index contributed by atoms with van der Waals surface area (Å²) >= 11 is 0. The van der Waals surface area contributed by atoms with Gasteiger partial charge in [-0.05, 0) is 44.7 Å². The van der Waals surface area contributed by atoms with Crippen LogP contribution in [0.25, 0.3) is 0 Å². The van der Waals surface area contributed by atoms with Crippen LogP contribution in [-0.4, -0.2) is 62.7 Å². The highest BCUT2D eigenvalue weighted by atomic mass is 16.5. The number of rotatable bonds is 3. The van der Waals surface area contributed by atoms with Crippen LogP contribution < -0.4 is 0 Å². The molecule has 1 aliphatic heterocycles. The van der Waals surface area contributed by atoms with Crippen LogP contribution in [0.15, 0.2) is 18.2 Å². The van der Waals surface area contributed by atoms with Crippen molar-refractivity contribution in [3.8, 4) is 17.9 Å². The zero-order valence-corrected chi connectivity index (χ0v) is 15.4. The maximum Gasteiger partial charge on any atom is 0.337 e. The summed E-state index contributed by atoms with van der Waals surface area (Å²) in [5.74, 6) is 5.91. The van der Waals surface area contributed by atoms with Gasteiger partial charge in [0.25, 0.3) is 0 Å². The van der Waals surface area contributed by atoms with E-state index in [1.165, 1.54) is 7.11 Å². The number of piperazine rings is 1. The monoisotopic (exact) mass is 339 g/mol. The number of nitrogens with zero attached hydrogens (tertiary/aromatic N) is 3. The first-order valence-corrected chi connectivity index (χ1v) is 8.40. The molecule has 0 radical (unpaired) electrons. The molecule has 1 heterocycles. The molecule has 0 aliphatic carbocycles. The molecular formula is C20H25N3O2. The zero-order chi connectivity index (χ0) is 18.4. The van der Waals surface area contributed by atoms with Gasteiger partial charge in [0, 0.05) is 31.7 Å². The highest BCUT2D eigenvalue weighted by Gasteiger charge is 2.22. The van der Waals surface area contributed by atoms with Gasteiger partial charge in [0.15, 0.2) is 0 Å². The number of benzene rings is 1. The zero-order valence-electron chi connectivity index (χ0n) is 15.4. The molecule has 1 aromatic rings. The maximum atomic E-state index is 11.9. The first-order chi connectivity index (χ1) is 11.9. The normalized spacial score (nSPS) is 15.8. The van der Waals surface area contributed by atoms with Crippen molar-refractivity contribution in [2.75, 3.05) is 46.9 Å². The molecule has 0 amide bonds. The highest BCUT2D eigenvalue weighted by Crippen LogP contribution is 2.24. The van der Waals surface area contributed by atoms with Crippen molar-refractivity contribution < 1.29 is 9.53 Å². The van der Waals surface area contributed by atoms with E-state index in [-0.39, 0.29) is 0 Å². The molecule has 0 N–H and O–H groups in total. The van der Waals surface area contributed by atoms with Crippen LogP contribution >= 0.6 is 0 Å². The molecule has 2 rings (SSSR count). The standard InChI is InChI=1S/C20H25N3O2/c1-20(2,15-21)18-13-16(12-17(14-18)19(24)25-4)6-5-7-23-10-8-22(3)9-11-23/h12-14H,7-11H2,1-4H3. The lowest BCUT2D eigenvalue weighted by Gasteiger charge is -2.30. The second kappa shape index (κ2) is 8.16. The Balaban J connectivity index is 2.22. The van der Waals surface area contributed by atoms with Crippen molar-refractivity contribution in [1.82, 2.24) is 9.80 Å². The molecule has 132 valence electrons. The van der Waals surface area contributed by atoms with Gasteiger partial charge in [0.05, 0.1) is 30.7 Å². The van der Waals surface area contributed by atoms with Crippen molar-refractivity contribution in [3.63, 3.8) is 0 Å². The third kappa shape index (κ3) is 5.06. The van der Waals surface area contributed by atoms with Gasteiger partial charge in [-0.25, -0.2) is 4.79 Å². The van der Waals surface area contributed by atoms with Gasteiger partial charge in [0.1, 0.15) is 0 Å². The predicted molar refractivity (Wildman–Crippen MR) is 97.2 cm³/mol. The second-order valence-corrected chi connectivity index (χ2v) is 6.91. The van der Waals surface area contributed by atoms with Crippen LogP contribution in [0.2, 0.25) is 0 Å². The minimum atomic E-state index is -0.697. The summed E-state index contributed by atoms with van der Waals surface area (Å²) in [6.07, 6.45) is 0.